The zero-order valence-electron chi connectivity index (χ0n) is 14.1. The Morgan fingerprint density at radius 2 is 2.17 bits per heavy atom. The number of hydrogen-bond acceptors (Lipinski definition) is 6. The maximum absolute atomic E-state index is 12.2. The van der Waals surface area contributed by atoms with Gasteiger partial charge < -0.3 is 5.32 Å². The maximum Gasteiger partial charge on any atom is 0.231 e. The molecular formula is C16H20N6OS. The fourth-order valence-corrected chi connectivity index (χ4v) is 2.66. The van der Waals surface area contributed by atoms with Crippen molar-refractivity contribution >= 4 is 17.7 Å². The summed E-state index contributed by atoms with van der Waals surface area (Å²) in [6.45, 7) is 7.49. The molecule has 0 radical (unpaired) electrons. The molecule has 1 heterocycles. The van der Waals surface area contributed by atoms with E-state index < -0.39 is 5.54 Å². The van der Waals surface area contributed by atoms with Crippen LogP contribution in [0, 0.1) is 24.2 Å². The predicted octanol–water partition coefficient (Wildman–Crippen LogP) is 2.12. The average Bonchev–Trinajstić information content (AvgIpc) is 3.01. The zero-order valence-corrected chi connectivity index (χ0v) is 15.0. The summed E-state index contributed by atoms with van der Waals surface area (Å²) in [6.07, 6.45) is 0. The minimum absolute atomic E-state index is 0.00809. The summed E-state index contributed by atoms with van der Waals surface area (Å²) < 4.78 is 1.61. The van der Waals surface area contributed by atoms with E-state index in [0.29, 0.717) is 5.16 Å². The minimum atomic E-state index is -0.889. The number of hydrogen-bond donors (Lipinski definition) is 1. The van der Waals surface area contributed by atoms with Crippen molar-refractivity contribution in [1.82, 2.24) is 25.5 Å². The topological polar surface area (TPSA) is 96.5 Å². The van der Waals surface area contributed by atoms with Gasteiger partial charge in [0.2, 0.25) is 11.1 Å². The molecule has 0 aliphatic heterocycles. The van der Waals surface area contributed by atoms with Gasteiger partial charge in [0.05, 0.1) is 17.5 Å². The van der Waals surface area contributed by atoms with Crippen LogP contribution in [0.4, 0.5) is 0 Å². The first kappa shape index (κ1) is 17.9. The standard InChI is InChI=1S/C16H20N6OS/c1-11(2)16(4,10-17)18-14(23)9-24-15-19-20-21-22(15)13-8-6-5-7-12(13)3/h5-8,11H,9H2,1-4H3,(H,18,23)/t16-/m0/s1. The fraction of sp³-hybridized carbons (Fsp3) is 0.438. The highest BCUT2D eigenvalue weighted by Gasteiger charge is 2.30. The smallest absolute Gasteiger partial charge is 0.231 e. The highest BCUT2D eigenvalue weighted by molar-refractivity contribution is 7.99. The lowest BCUT2D eigenvalue weighted by Crippen LogP contribution is -2.49. The van der Waals surface area contributed by atoms with Crippen molar-refractivity contribution in [3.63, 3.8) is 0 Å². The normalized spacial score (nSPS) is 13.3. The molecule has 1 atom stereocenters. The number of benzene rings is 1. The number of thioether (sulfide) groups is 1. The van der Waals surface area contributed by atoms with Crippen LogP contribution >= 0.6 is 11.8 Å². The lowest BCUT2D eigenvalue weighted by Gasteiger charge is -2.27. The van der Waals surface area contributed by atoms with Crippen LogP contribution in [0.25, 0.3) is 5.69 Å². The molecule has 0 unspecified atom stereocenters. The minimum Gasteiger partial charge on any atom is -0.337 e. The fourth-order valence-electron chi connectivity index (χ4n) is 1.98. The van der Waals surface area contributed by atoms with Crippen molar-refractivity contribution in [2.75, 3.05) is 5.75 Å². The Hall–Kier alpha value is -2.40. The van der Waals surface area contributed by atoms with Crippen molar-refractivity contribution in [3.05, 3.63) is 29.8 Å². The monoisotopic (exact) mass is 344 g/mol. The van der Waals surface area contributed by atoms with E-state index in [2.05, 4.69) is 26.9 Å². The van der Waals surface area contributed by atoms with Crippen LogP contribution in [0.1, 0.15) is 26.3 Å². The quantitative estimate of drug-likeness (QED) is 0.806. The molecule has 126 valence electrons. The second kappa shape index (κ2) is 7.45. The first-order chi connectivity index (χ1) is 11.4. The lowest BCUT2D eigenvalue weighted by atomic mass is 9.90. The Labute approximate surface area is 145 Å². The highest BCUT2D eigenvalue weighted by Crippen LogP contribution is 2.21. The van der Waals surface area contributed by atoms with Crippen LogP contribution in [0.5, 0.6) is 0 Å². The molecule has 0 aliphatic rings. The largest absolute Gasteiger partial charge is 0.337 e. The molecule has 2 aromatic rings. The van der Waals surface area contributed by atoms with E-state index in [0.717, 1.165) is 11.3 Å². The molecule has 0 fully saturated rings. The molecule has 7 nitrogen and oxygen atoms in total. The number of nitrogens with one attached hydrogen (secondary N) is 1. The number of tetrazole rings is 1. The second-order valence-electron chi connectivity index (χ2n) is 5.97. The molecule has 2 rings (SSSR count). The van der Waals surface area contributed by atoms with Crippen LogP contribution in [-0.2, 0) is 4.79 Å². The number of carbonyl (C=O) groups is 1. The van der Waals surface area contributed by atoms with Gasteiger partial charge >= 0.3 is 0 Å². The van der Waals surface area contributed by atoms with Gasteiger partial charge in [-0.15, -0.1) is 5.10 Å². The third-order valence-electron chi connectivity index (χ3n) is 3.90. The summed E-state index contributed by atoms with van der Waals surface area (Å²) in [6, 6.07) is 9.90. The van der Waals surface area contributed by atoms with E-state index in [1.807, 2.05) is 45.0 Å². The molecule has 1 amide bonds. The summed E-state index contributed by atoms with van der Waals surface area (Å²) in [5, 5.41) is 24.2. The van der Waals surface area contributed by atoms with E-state index in [4.69, 9.17) is 0 Å². The number of aromatic nitrogens is 4. The lowest BCUT2D eigenvalue weighted by molar-refractivity contribution is -0.120. The van der Waals surface area contributed by atoms with Gasteiger partial charge in [-0.25, -0.2) is 0 Å². The first-order valence-corrected chi connectivity index (χ1v) is 8.55. The molecular weight excluding hydrogens is 324 g/mol. The van der Waals surface area contributed by atoms with Gasteiger partial charge in [-0.05, 0) is 41.8 Å². The van der Waals surface area contributed by atoms with Gasteiger partial charge in [0.15, 0.2) is 0 Å². The number of carbonyl (C=O) groups excluding carboxylic acids is 1. The summed E-state index contributed by atoms with van der Waals surface area (Å²) in [5.41, 5.74) is 1.02. The van der Waals surface area contributed by atoms with Crippen LogP contribution in [-0.4, -0.2) is 37.4 Å². The van der Waals surface area contributed by atoms with Gasteiger partial charge in [-0.3, -0.25) is 4.79 Å². The third-order valence-corrected chi connectivity index (χ3v) is 4.82. The number of rotatable bonds is 6. The van der Waals surface area contributed by atoms with Crippen LogP contribution in [0.3, 0.4) is 0 Å². The Bertz CT molecular complexity index is 766. The van der Waals surface area contributed by atoms with E-state index in [9.17, 15) is 10.1 Å². The molecule has 0 saturated heterocycles. The summed E-state index contributed by atoms with van der Waals surface area (Å²) >= 11 is 1.23. The van der Waals surface area contributed by atoms with Crippen molar-refractivity contribution in [3.8, 4) is 11.8 Å². The zero-order chi connectivity index (χ0) is 17.7. The van der Waals surface area contributed by atoms with Gasteiger partial charge in [-0.1, -0.05) is 43.8 Å². The number of para-hydroxylation sites is 1. The Morgan fingerprint density at radius 1 is 1.46 bits per heavy atom. The molecule has 8 heteroatoms. The Morgan fingerprint density at radius 3 is 2.79 bits per heavy atom. The molecule has 0 spiro atoms. The van der Waals surface area contributed by atoms with Crippen LogP contribution < -0.4 is 5.32 Å². The van der Waals surface area contributed by atoms with Crippen LogP contribution in [0.2, 0.25) is 0 Å². The molecule has 24 heavy (non-hydrogen) atoms. The molecule has 0 saturated carbocycles. The van der Waals surface area contributed by atoms with Gasteiger partial charge in [-0.2, -0.15) is 9.94 Å². The average molecular weight is 344 g/mol. The number of nitrogens with zero attached hydrogens (tertiary/aromatic N) is 5. The van der Waals surface area contributed by atoms with Crippen LogP contribution in [0.15, 0.2) is 29.4 Å². The molecule has 1 aromatic carbocycles. The maximum atomic E-state index is 12.2. The highest BCUT2D eigenvalue weighted by atomic mass is 32.2. The SMILES string of the molecule is Cc1ccccc1-n1nnnc1SCC(=O)N[C@@](C)(C#N)C(C)C. The molecule has 0 bridgehead atoms. The van der Waals surface area contributed by atoms with E-state index >= 15 is 0 Å². The van der Waals surface area contributed by atoms with Crippen molar-refractivity contribution in [2.45, 2.75) is 38.4 Å². The van der Waals surface area contributed by atoms with Crippen molar-refractivity contribution < 1.29 is 4.79 Å². The number of nitriles is 1. The van der Waals surface area contributed by atoms with Crippen molar-refractivity contribution in [2.24, 2.45) is 5.92 Å². The summed E-state index contributed by atoms with van der Waals surface area (Å²) in [5.74, 6) is -0.0817. The first-order valence-electron chi connectivity index (χ1n) is 7.57. The Kier molecular flexibility index (Phi) is 5.57. The summed E-state index contributed by atoms with van der Waals surface area (Å²) in [7, 11) is 0. The van der Waals surface area contributed by atoms with E-state index in [1.54, 1.807) is 11.6 Å². The summed E-state index contributed by atoms with van der Waals surface area (Å²) in [4.78, 5) is 12.2. The molecule has 1 N–H and O–H groups in total. The predicted molar refractivity (Wildman–Crippen MR) is 91.6 cm³/mol. The Balaban J connectivity index is 2.07. The van der Waals surface area contributed by atoms with Gasteiger partial charge in [0, 0.05) is 0 Å². The van der Waals surface area contributed by atoms with E-state index in [1.165, 1.54) is 11.8 Å². The van der Waals surface area contributed by atoms with Crippen molar-refractivity contribution in [1.29, 1.82) is 5.26 Å². The number of amides is 1. The van der Waals surface area contributed by atoms with Gasteiger partial charge in [0.25, 0.3) is 0 Å². The molecule has 0 aliphatic carbocycles. The molecule has 1 aromatic heterocycles. The number of aryl methyl sites for hydroxylation is 1. The van der Waals surface area contributed by atoms with Gasteiger partial charge in [0.1, 0.15) is 5.54 Å². The van der Waals surface area contributed by atoms with E-state index in [-0.39, 0.29) is 17.6 Å². The third kappa shape index (κ3) is 3.92. The second-order valence-corrected chi connectivity index (χ2v) is 6.91.